The van der Waals surface area contributed by atoms with E-state index in [4.69, 9.17) is 14.6 Å². The van der Waals surface area contributed by atoms with Gasteiger partial charge in [0.25, 0.3) is 0 Å². The van der Waals surface area contributed by atoms with Crippen LogP contribution in [0.2, 0.25) is 6.55 Å². The first-order valence-corrected chi connectivity index (χ1v) is 10.6. The summed E-state index contributed by atoms with van der Waals surface area (Å²) in [5.41, 5.74) is 5.86. The zero-order valence-electron chi connectivity index (χ0n) is 14.2. The molecule has 0 aliphatic rings. The van der Waals surface area contributed by atoms with E-state index in [9.17, 15) is 0 Å². The molecule has 0 bridgehead atoms. The average Bonchev–Trinajstić information content (AvgIpc) is 2.37. The Labute approximate surface area is 127 Å². The molecule has 0 heterocycles. The first kappa shape index (κ1) is 20.1. The molecular formula is C15H36N2O2Si. The van der Waals surface area contributed by atoms with E-state index in [2.05, 4.69) is 39.6 Å². The van der Waals surface area contributed by atoms with Gasteiger partial charge in [0, 0.05) is 13.2 Å². The largest absolute Gasteiger partial charge is 0.394 e. The van der Waals surface area contributed by atoms with Crippen molar-refractivity contribution in [1.82, 2.24) is 5.32 Å². The average molecular weight is 305 g/mol. The summed E-state index contributed by atoms with van der Waals surface area (Å²) in [7, 11) is -2.15. The first-order valence-electron chi connectivity index (χ1n) is 8.23. The Morgan fingerprint density at radius 2 is 1.55 bits per heavy atom. The summed E-state index contributed by atoms with van der Waals surface area (Å²) in [6, 6.07) is 0. The highest BCUT2D eigenvalue weighted by molar-refractivity contribution is 6.67. The molecule has 0 saturated carbocycles. The normalized spacial score (nSPS) is 13.9. The van der Waals surface area contributed by atoms with E-state index in [-0.39, 0.29) is 0 Å². The van der Waals surface area contributed by atoms with Gasteiger partial charge in [-0.05, 0) is 52.2 Å². The van der Waals surface area contributed by atoms with Crippen molar-refractivity contribution < 1.29 is 8.85 Å². The van der Waals surface area contributed by atoms with Crippen LogP contribution in [0.25, 0.3) is 0 Å². The Morgan fingerprint density at radius 1 is 1.00 bits per heavy atom. The molecule has 0 fully saturated rings. The lowest BCUT2D eigenvalue weighted by Gasteiger charge is -2.37. The van der Waals surface area contributed by atoms with E-state index in [1.165, 1.54) is 19.3 Å². The molecule has 3 N–H and O–H groups in total. The molecule has 0 rings (SSSR count). The van der Waals surface area contributed by atoms with Gasteiger partial charge in [-0.1, -0.05) is 26.7 Å². The Hall–Kier alpha value is 0.0569. The molecule has 0 saturated heterocycles. The van der Waals surface area contributed by atoms with Gasteiger partial charge in [-0.25, -0.2) is 0 Å². The van der Waals surface area contributed by atoms with Gasteiger partial charge in [0.1, 0.15) is 0 Å². The van der Waals surface area contributed by atoms with Crippen molar-refractivity contribution in [1.29, 1.82) is 0 Å². The third-order valence-corrected chi connectivity index (χ3v) is 7.31. The van der Waals surface area contributed by atoms with E-state index >= 15 is 0 Å². The zero-order chi connectivity index (χ0) is 15.4. The summed E-state index contributed by atoms with van der Waals surface area (Å²) in [4.78, 5) is 0. The van der Waals surface area contributed by atoms with Gasteiger partial charge in [-0.3, -0.25) is 0 Å². The summed E-state index contributed by atoms with van der Waals surface area (Å²) in [5, 5.41) is 3.69. The van der Waals surface area contributed by atoms with Gasteiger partial charge < -0.3 is 19.9 Å². The van der Waals surface area contributed by atoms with Crippen molar-refractivity contribution >= 4 is 8.56 Å². The molecule has 0 aromatic carbocycles. The Morgan fingerprint density at radius 3 is 2.00 bits per heavy atom. The molecular weight excluding hydrogens is 268 g/mol. The van der Waals surface area contributed by atoms with Crippen molar-refractivity contribution in [2.45, 2.75) is 65.6 Å². The second kappa shape index (κ2) is 11.7. The van der Waals surface area contributed by atoms with Gasteiger partial charge in [0.2, 0.25) is 0 Å². The molecule has 0 aliphatic heterocycles. The molecule has 122 valence electrons. The molecule has 0 spiro atoms. The molecule has 5 heteroatoms. The molecule has 20 heavy (non-hydrogen) atoms. The second-order valence-electron chi connectivity index (χ2n) is 5.76. The highest BCUT2D eigenvalue weighted by Gasteiger charge is 2.42. The van der Waals surface area contributed by atoms with Crippen molar-refractivity contribution in [3.8, 4) is 0 Å². The van der Waals surface area contributed by atoms with E-state index in [1.54, 1.807) is 0 Å². The van der Waals surface area contributed by atoms with Gasteiger partial charge in [0.05, 0.1) is 5.67 Å². The molecule has 1 unspecified atom stereocenters. The molecule has 1 atom stereocenters. The standard InChI is InChI=1S/C15H36N2O2Si/c1-6-18-20(5,19-7-2)15(14(3)4)17-13-11-9-8-10-12-16/h14-15,17H,6-13,16H2,1-5H3. The van der Waals surface area contributed by atoms with Gasteiger partial charge in [-0.2, -0.15) is 0 Å². The minimum atomic E-state index is -2.15. The molecule has 4 nitrogen and oxygen atoms in total. The van der Waals surface area contributed by atoms with Crippen LogP contribution in [0.3, 0.4) is 0 Å². The Bertz CT molecular complexity index is 222. The van der Waals surface area contributed by atoms with Crippen LogP contribution >= 0.6 is 0 Å². The minimum Gasteiger partial charge on any atom is -0.394 e. The van der Waals surface area contributed by atoms with Crippen molar-refractivity contribution in [2.24, 2.45) is 11.7 Å². The fraction of sp³-hybridized carbons (Fsp3) is 1.00. The molecule has 0 radical (unpaired) electrons. The summed E-state index contributed by atoms with van der Waals surface area (Å²) < 4.78 is 12.1. The number of rotatable bonds is 13. The maximum Gasteiger partial charge on any atom is 0.352 e. The predicted molar refractivity (Wildman–Crippen MR) is 89.0 cm³/mol. The Balaban J connectivity index is 4.31. The maximum absolute atomic E-state index is 6.03. The zero-order valence-corrected chi connectivity index (χ0v) is 15.2. The highest BCUT2D eigenvalue weighted by atomic mass is 28.4. The van der Waals surface area contributed by atoms with Crippen LogP contribution in [0.1, 0.15) is 53.4 Å². The van der Waals surface area contributed by atoms with Gasteiger partial charge in [-0.15, -0.1) is 0 Å². The molecule has 0 aliphatic carbocycles. The van der Waals surface area contributed by atoms with Crippen LogP contribution in [-0.4, -0.2) is 40.5 Å². The third-order valence-electron chi connectivity index (χ3n) is 3.59. The summed E-state index contributed by atoms with van der Waals surface area (Å²) in [6.45, 7) is 14.1. The SMILES string of the molecule is CCO[Si](C)(OCC)C(NCCCCCCN)C(C)C. The van der Waals surface area contributed by atoms with Crippen molar-refractivity contribution in [3.63, 3.8) is 0 Å². The van der Waals surface area contributed by atoms with E-state index in [1.807, 2.05) is 0 Å². The van der Waals surface area contributed by atoms with Gasteiger partial charge >= 0.3 is 8.56 Å². The number of hydrogen-bond donors (Lipinski definition) is 2. The van der Waals surface area contributed by atoms with E-state index in [0.717, 1.165) is 32.7 Å². The van der Waals surface area contributed by atoms with Gasteiger partial charge in [0.15, 0.2) is 0 Å². The van der Waals surface area contributed by atoms with E-state index in [0.29, 0.717) is 11.6 Å². The second-order valence-corrected chi connectivity index (χ2v) is 8.99. The van der Waals surface area contributed by atoms with Crippen LogP contribution < -0.4 is 11.1 Å². The van der Waals surface area contributed by atoms with Crippen LogP contribution in [-0.2, 0) is 8.85 Å². The number of nitrogens with two attached hydrogens (primary N) is 1. The van der Waals surface area contributed by atoms with Crippen molar-refractivity contribution in [3.05, 3.63) is 0 Å². The predicted octanol–water partition coefficient (Wildman–Crippen LogP) is 2.80. The molecule has 0 aromatic heterocycles. The topological polar surface area (TPSA) is 56.5 Å². The van der Waals surface area contributed by atoms with Crippen LogP contribution in [0, 0.1) is 5.92 Å². The molecule has 0 amide bonds. The third kappa shape index (κ3) is 7.74. The fourth-order valence-electron chi connectivity index (χ4n) is 2.70. The lowest BCUT2D eigenvalue weighted by molar-refractivity contribution is 0.165. The summed E-state index contributed by atoms with van der Waals surface area (Å²) in [6.07, 6.45) is 4.82. The van der Waals surface area contributed by atoms with Crippen molar-refractivity contribution in [2.75, 3.05) is 26.3 Å². The first-order chi connectivity index (χ1) is 9.51. The lowest BCUT2D eigenvalue weighted by atomic mass is 10.2. The quantitative estimate of drug-likeness (QED) is 0.406. The van der Waals surface area contributed by atoms with E-state index < -0.39 is 8.56 Å². The summed E-state index contributed by atoms with van der Waals surface area (Å²) >= 11 is 0. The number of hydrogen-bond acceptors (Lipinski definition) is 4. The lowest BCUT2D eigenvalue weighted by Crippen LogP contribution is -2.60. The minimum absolute atomic E-state index is 0.344. The van der Waals surface area contributed by atoms with Crippen LogP contribution in [0.5, 0.6) is 0 Å². The van der Waals surface area contributed by atoms with Crippen LogP contribution in [0.15, 0.2) is 0 Å². The smallest absolute Gasteiger partial charge is 0.352 e. The monoisotopic (exact) mass is 304 g/mol. The maximum atomic E-state index is 6.03. The molecule has 0 aromatic rings. The Kier molecular flexibility index (Phi) is 11.7. The number of unbranched alkanes of at least 4 members (excludes halogenated alkanes) is 3. The van der Waals surface area contributed by atoms with Crippen LogP contribution in [0.4, 0.5) is 0 Å². The highest BCUT2D eigenvalue weighted by Crippen LogP contribution is 2.19. The fourth-order valence-corrected chi connectivity index (χ4v) is 6.02. The number of nitrogens with one attached hydrogen (secondary N) is 1. The summed E-state index contributed by atoms with van der Waals surface area (Å²) in [5.74, 6) is 0.522.